The van der Waals surface area contributed by atoms with Gasteiger partial charge in [-0.2, -0.15) is 0 Å². The molecule has 3 rings (SSSR count). The number of nitrogen functional groups attached to an aromatic ring is 1. The van der Waals surface area contributed by atoms with Crippen molar-refractivity contribution in [2.45, 2.75) is 24.9 Å². The first kappa shape index (κ1) is 25.2. The van der Waals surface area contributed by atoms with Crippen LogP contribution in [0.3, 0.4) is 0 Å². The van der Waals surface area contributed by atoms with E-state index in [1.165, 1.54) is 42.3 Å². The molecule has 1 aliphatic rings. The molecule has 1 aromatic heterocycles. The van der Waals surface area contributed by atoms with E-state index in [0.717, 1.165) is 7.11 Å². The number of benzene rings is 1. The largest absolute Gasteiger partial charge is 0.494 e. The maximum atomic E-state index is 15.4. The van der Waals surface area contributed by atoms with Crippen molar-refractivity contribution in [2.75, 3.05) is 33.0 Å². The number of hydrogen-bond acceptors (Lipinski definition) is 8. The molecule has 34 heavy (non-hydrogen) atoms. The fraction of sp³-hybridized carbons (Fsp3) is 0.348. The highest BCUT2D eigenvalue weighted by Gasteiger charge is 2.37. The van der Waals surface area contributed by atoms with Crippen molar-refractivity contribution in [1.29, 1.82) is 0 Å². The van der Waals surface area contributed by atoms with Crippen molar-refractivity contribution >= 4 is 40.4 Å². The van der Waals surface area contributed by atoms with Gasteiger partial charge in [0.2, 0.25) is 0 Å². The van der Waals surface area contributed by atoms with Crippen molar-refractivity contribution < 1.29 is 32.6 Å². The average molecular weight is 492 g/mol. The number of nitrogens with zero attached hydrogens (tertiary/aromatic N) is 2. The molecule has 1 aliphatic heterocycles. The highest BCUT2D eigenvalue weighted by molar-refractivity contribution is 7.82. The zero-order valence-electron chi connectivity index (χ0n) is 18.6. The van der Waals surface area contributed by atoms with E-state index < -0.39 is 34.0 Å². The fourth-order valence-electron chi connectivity index (χ4n) is 3.70. The third-order valence-corrected chi connectivity index (χ3v) is 5.99. The van der Waals surface area contributed by atoms with Crippen LogP contribution in [0, 0.1) is 5.82 Å². The predicted molar refractivity (Wildman–Crippen MR) is 123 cm³/mol. The number of ketones is 1. The van der Waals surface area contributed by atoms with Crippen LogP contribution in [-0.2, 0) is 20.7 Å². The normalized spacial score (nSPS) is 14.9. The number of likely N-dealkylation sites (tertiary alicyclic amines) is 1. The van der Waals surface area contributed by atoms with Crippen LogP contribution in [0.25, 0.3) is 0 Å². The number of hydrogen-bond donors (Lipinski definition) is 1. The van der Waals surface area contributed by atoms with E-state index in [0.29, 0.717) is 5.56 Å². The van der Waals surface area contributed by atoms with Gasteiger partial charge in [-0.15, -0.1) is 0 Å². The SMILES string of the molecule is COC(=O)C(=O)C(=S)c1nc(C(=O)N2CCC(F)(Cc3ccc(F)cc3)CC2)c(OC)cc1N. The Hall–Kier alpha value is -3.47. The van der Waals surface area contributed by atoms with Crippen LogP contribution in [0.5, 0.6) is 5.75 Å². The first-order chi connectivity index (χ1) is 16.1. The van der Waals surface area contributed by atoms with E-state index >= 15 is 4.39 Å². The molecule has 2 aromatic rings. The van der Waals surface area contributed by atoms with Crippen LogP contribution in [-0.4, -0.2) is 65.4 Å². The minimum Gasteiger partial charge on any atom is -0.494 e. The number of anilines is 1. The quantitative estimate of drug-likeness (QED) is 0.272. The van der Waals surface area contributed by atoms with Gasteiger partial charge in [0.15, 0.2) is 11.4 Å². The van der Waals surface area contributed by atoms with Crippen molar-refractivity contribution in [3.63, 3.8) is 0 Å². The summed E-state index contributed by atoms with van der Waals surface area (Å²) in [5, 5.41) is 0. The molecule has 1 fully saturated rings. The number of piperidine rings is 1. The number of amides is 1. The lowest BCUT2D eigenvalue weighted by Crippen LogP contribution is -2.46. The monoisotopic (exact) mass is 491 g/mol. The molecule has 11 heteroatoms. The third kappa shape index (κ3) is 5.36. The van der Waals surface area contributed by atoms with Crippen molar-refractivity contribution in [2.24, 2.45) is 0 Å². The maximum absolute atomic E-state index is 15.4. The van der Waals surface area contributed by atoms with Gasteiger partial charge < -0.3 is 20.1 Å². The molecule has 0 aliphatic carbocycles. The highest BCUT2D eigenvalue weighted by Crippen LogP contribution is 2.32. The van der Waals surface area contributed by atoms with Crippen molar-refractivity contribution in [1.82, 2.24) is 9.88 Å². The molecule has 0 radical (unpaired) electrons. The molecular weight excluding hydrogens is 468 g/mol. The van der Waals surface area contributed by atoms with E-state index in [-0.39, 0.29) is 55.2 Å². The van der Waals surface area contributed by atoms with E-state index in [4.69, 9.17) is 22.7 Å². The number of ether oxygens (including phenoxy) is 2. The molecule has 0 saturated carbocycles. The lowest BCUT2D eigenvalue weighted by atomic mass is 9.87. The Balaban J connectivity index is 1.79. The summed E-state index contributed by atoms with van der Waals surface area (Å²) in [4.78, 5) is 41.9. The molecule has 0 unspecified atom stereocenters. The van der Waals surface area contributed by atoms with Gasteiger partial charge in [-0.25, -0.2) is 18.6 Å². The summed E-state index contributed by atoms with van der Waals surface area (Å²) >= 11 is 5.02. The van der Waals surface area contributed by atoms with Gasteiger partial charge in [0.25, 0.3) is 11.7 Å². The molecule has 0 spiro atoms. The Morgan fingerprint density at radius 2 is 1.76 bits per heavy atom. The number of aromatic nitrogens is 1. The zero-order chi connectivity index (χ0) is 25.0. The number of rotatable bonds is 7. The minimum absolute atomic E-state index is 0.0444. The summed E-state index contributed by atoms with van der Waals surface area (Å²) in [5.74, 6) is -3.22. The summed E-state index contributed by atoms with van der Waals surface area (Å²) in [6.45, 7) is 0.208. The summed E-state index contributed by atoms with van der Waals surface area (Å²) in [6, 6.07) is 6.92. The highest BCUT2D eigenvalue weighted by atomic mass is 32.1. The number of halogens is 2. The number of esters is 1. The van der Waals surface area contributed by atoms with Crippen LogP contribution in [0.4, 0.5) is 14.5 Å². The Morgan fingerprint density at radius 1 is 1.15 bits per heavy atom. The van der Waals surface area contributed by atoms with Crippen molar-refractivity contribution in [3.05, 3.63) is 53.1 Å². The van der Waals surface area contributed by atoms with Crippen LogP contribution >= 0.6 is 12.2 Å². The smallest absolute Gasteiger partial charge is 0.380 e. The molecule has 1 saturated heterocycles. The molecule has 0 bridgehead atoms. The van der Waals surface area contributed by atoms with E-state index in [2.05, 4.69) is 9.72 Å². The van der Waals surface area contributed by atoms with Crippen LogP contribution in [0.1, 0.15) is 34.6 Å². The Labute approximate surface area is 200 Å². The van der Waals surface area contributed by atoms with Gasteiger partial charge in [0, 0.05) is 25.6 Å². The minimum atomic E-state index is -1.55. The Kier molecular flexibility index (Phi) is 7.55. The first-order valence-electron chi connectivity index (χ1n) is 10.3. The topological polar surface area (TPSA) is 112 Å². The second-order valence-corrected chi connectivity index (χ2v) is 8.28. The summed E-state index contributed by atoms with van der Waals surface area (Å²) in [6.07, 6.45) is 0.242. The van der Waals surface area contributed by atoms with E-state index in [9.17, 15) is 18.8 Å². The first-order valence-corrected chi connectivity index (χ1v) is 10.7. The van der Waals surface area contributed by atoms with Crippen LogP contribution in [0.2, 0.25) is 0 Å². The molecule has 8 nitrogen and oxygen atoms in total. The molecule has 180 valence electrons. The maximum Gasteiger partial charge on any atom is 0.380 e. The number of Topliss-reactive ketones (excluding diaryl/α,β-unsaturated/α-hetero) is 1. The van der Waals surface area contributed by atoms with Gasteiger partial charge in [-0.3, -0.25) is 9.59 Å². The second-order valence-electron chi connectivity index (χ2n) is 7.87. The standard InChI is InChI=1S/C23H23F2N3O5S/c1-32-16-11-15(26)17(20(34)19(29)22(31)33-2)27-18(16)21(30)28-9-7-23(25,8-10-28)12-13-3-5-14(24)6-4-13/h3-6,11H,7-10,12,26H2,1-2H3. The summed E-state index contributed by atoms with van der Waals surface area (Å²) in [5.41, 5.74) is 4.58. The molecule has 2 N–H and O–H groups in total. The van der Waals surface area contributed by atoms with Gasteiger partial charge in [0.1, 0.15) is 22.0 Å². The lowest BCUT2D eigenvalue weighted by Gasteiger charge is -2.36. The molecule has 1 aromatic carbocycles. The summed E-state index contributed by atoms with van der Waals surface area (Å²) < 4.78 is 38.1. The molecule has 0 atom stereocenters. The van der Waals surface area contributed by atoms with Gasteiger partial charge in [0.05, 0.1) is 19.9 Å². The van der Waals surface area contributed by atoms with Crippen molar-refractivity contribution in [3.8, 4) is 5.75 Å². The number of methoxy groups -OCH3 is 2. The van der Waals surface area contributed by atoms with E-state index in [1.54, 1.807) is 0 Å². The van der Waals surface area contributed by atoms with Gasteiger partial charge >= 0.3 is 5.97 Å². The molecular formula is C23H23F2N3O5S. The molecule has 2 heterocycles. The second kappa shape index (κ2) is 10.2. The number of pyridine rings is 1. The van der Waals surface area contributed by atoms with Crippen LogP contribution in [0.15, 0.2) is 30.3 Å². The molecule has 1 amide bonds. The summed E-state index contributed by atoms with van der Waals surface area (Å²) in [7, 11) is 2.34. The van der Waals surface area contributed by atoms with Gasteiger partial charge in [-0.05, 0) is 30.5 Å². The number of nitrogens with two attached hydrogens (primary N) is 1. The Bertz CT molecular complexity index is 1130. The number of carbonyl (C=O) groups excluding carboxylic acids is 3. The van der Waals surface area contributed by atoms with Crippen LogP contribution < -0.4 is 10.5 Å². The number of alkyl halides is 1. The lowest BCUT2D eigenvalue weighted by molar-refractivity contribution is -0.148. The Morgan fingerprint density at radius 3 is 2.32 bits per heavy atom. The fourth-order valence-corrected chi connectivity index (χ4v) is 3.95. The average Bonchev–Trinajstić information content (AvgIpc) is 2.83. The zero-order valence-corrected chi connectivity index (χ0v) is 19.4. The third-order valence-electron chi connectivity index (χ3n) is 5.61. The number of thiocarbonyl (C=S) groups is 1. The van der Waals surface area contributed by atoms with E-state index in [1.807, 2.05) is 0 Å². The predicted octanol–water partition coefficient (Wildman–Crippen LogP) is 2.46. The van der Waals surface area contributed by atoms with Gasteiger partial charge in [-0.1, -0.05) is 24.4 Å². The number of carbonyl (C=O) groups is 3.